The van der Waals surface area contributed by atoms with E-state index in [9.17, 15) is 4.79 Å². The molecule has 0 fully saturated rings. The number of hydrogen-bond acceptors (Lipinski definition) is 2. The molecule has 0 aliphatic heterocycles. The molecule has 144 valence electrons. The number of likely N-dealkylation sites (N-methyl/N-ethyl adjacent to an activating group) is 1. The molecule has 4 heteroatoms. The molecule has 4 nitrogen and oxygen atoms in total. The number of methoxy groups -OCH3 is 1. The summed E-state index contributed by atoms with van der Waals surface area (Å²) < 4.78 is 5.27. The van der Waals surface area contributed by atoms with E-state index in [2.05, 4.69) is 29.6 Å². The molecule has 0 aromatic heterocycles. The van der Waals surface area contributed by atoms with Crippen LogP contribution in [0.15, 0.2) is 78.9 Å². The normalized spacial score (nSPS) is 11.6. The SMILES string of the molecule is COc1cccc(C[NH+](C)CC(=O)Nc2ccccc2Cc2ccccc2)c1. The Morgan fingerprint density at radius 1 is 0.929 bits per heavy atom. The summed E-state index contributed by atoms with van der Waals surface area (Å²) >= 11 is 0. The van der Waals surface area contributed by atoms with Gasteiger partial charge < -0.3 is 15.0 Å². The number of carbonyl (C=O) groups is 1. The van der Waals surface area contributed by atoms with Crippen molar-refractivity contribution >= 4 is 11.6 Å². The molecule has 3 aromatic carbocycles. The molecule has 1 atom stereocenters. The van der Waals surface area contributed by atoms with E-state index in [-0.39, 0.29) is 5.91 Å². The van der Waals surface area contributed by atoms with E-state index in [0.717, 1.165) is 40.4 Å². The third-order valence-electron chi connectivity index (χ3n) is 4.63. The molecule has 0 heterocycles. The molecule has 0 aliphatic rings. The van der Waals surface area contributed by atoms with Gasteiger partial charge in [0, 0.05) is 11.3 Å². The summed E-state index contributed by atoms with van der Waals surface area (Å²) in [5.41, 5.74) is 4.37. The number of para-hydroxylation sites is 1. The average Bonchev–Trinajstić information content (AvgIpc) is 2.70. The molecule has 0 radical (unpaired) electrons. The Morgan fingerprint density at radius 2 is 1.64 bits per heavy atom. The van der Waals surface area contributed by atoms with Gasteiger partial charge in [0.25, 0.3) is 5.91 Å². The van der Waals surface area contributed by atoms with E-state index in [1.165, 1.54) is 5.56 Å². The standard InChI is InChI=1S/C24H26N2O2/c1-26(17-20-11-8-13-22(16-20)28-2)18-24(27)25-23-14-7-6-12-21(23)15-19-9-4-3-5-10-19/h3-14,16H,15,17-18H2,1-2H3,(H,25,27)/p+1. The Balaban J connectivity index is 1.60. The zero-order valence-electron chi connectivity index (χ0n) is 16.4. The lowest BCUT2D eigenvalue weighted by atomic mass is 10.0. The fraction of sp³-hybridized carbons (Fsp3) is 0.208. The van der Waals surface area contributed by atoms with Crippen LogP contribution in [0, 0.1) is 0 Å². The molecule has 0 saturated heterocycles. The largest absolute Gasteiger partial charge is 0.497 e. The van der Waals surface area contributed by atoms with Gasteiger partial charge in [-0.1, -0.05) is 60.7 Å². The highest BCUT2D eigenvalue weighted by molar-refractivity contribution is 5.92. The Labute approximate surface area is 166 Å². The predicted molar refractivity (Wildman–Crippen MR) is 113 cm³/mol. The minimum Gasteiger partial charge on any atom is -0.497 e. The number of hydrogen-bond donors (Lipinski definition) is 2. The van der Waals surface area contributed by atoms with Gasteiger partial charge in [-0.25, -0.2) is 0 Å². The second kappa shape index (κ2) is 9.72. The van der Waals surface area contributed by atoms with Crippen molar-refractivity contribution in [3.8, 4) is 5.75 Å². The van der Waals surface area contributed by atoms with E-state index in [4.69, 9.17) is 4.74 Å². The number of nitrogens with one attached hydrogen (secondary N) is 2. The first-order valence-electron chi connectivity index (χ1n) is 9.50. The van der Waals surface area contributed by atoms with E-state index in [1.54, 1.807) is 7.11 Å². The summed E-state index contributed by atoms with van der Waals surface area (Å²) in [6, 6.07) is 26.2. The van der Waals surface area contributed by atoms with Gasteiger partial charge in [0.2, 0.25) is 0 Å². The quantitative estimate of drug-likeness (QED) is 0.636. The lowest BCUT2D eigenvalue weighted by Crippen LogP contribution is -3.08. The van der Waals surface area contributed by atoms with Gasteiger partial charge in [-0.2, -0.15) is 0 Å². The van der Waals surface area contributed by atoms with Crippen molar-refractivity contribution in [2.24, 2.45) is 0 Å². The van der Waals surface area contributed by atoms with Gasteiger partial charge in [0.05, 0.1) is 14.2 Å². The smallest absolute Gasteiger partial charge is 0.279 e. The van der Waals surface area contributed by atoms with E-state index >= 15 is 0 Å². The van der Waals surface area contributed by atoms with Crippen LogP contribution in [0.25, 0.3) is 0 Å². The average molecular weight is 375 g/mol. The highest BCUT2D eigenvalue weighted by atomic mass is 16.5. The van der Waals surface area contributed by atoms with E-state index in [1.807, 2.05) is 61.6 Å². The number of anilines is 1. The summed E-state index contributed by atoms with van der Waals surface area (Å²) in [4.78, 5) is 13.7. The molecule has 0 bridgehead atoms. The van der Waals surface area contributed by atoms with Crippen LogP contribution in [0.1, 0.15) is 16.7 Å². The lowest BCUT2D eigenvalue weighted by Gasteiger charge is -2.16. The van der Waals surface area contributed by atoms with E-state index < -0.39 is 0 Å². The second-order valence-electron chi connectivity index (χ2n) is 7.03. The van der Waals surface area contributed by atoms with Crippen molar-refractivity contribution in [3.63, 3.8) is 0 Å². The van der Waals surface area contributed by atoms with Crippen molar-refractivity contribution in [3.05, 3.63) is 95.6 Å². The van der Waals surface area contributed by atoms with Crippen LogP contribution in [0.3, 0.4) is 0 Å². The van der Waals surface area contributed by atoms with Crippen LogP contribution in [0.5, 0.6) is 5.75 Å². The van der Waals surface area contributed by atoms with Gasteiger partial charge in [0.15, 0.2) is 6.54 Å². The molecule has 3 aromatic rings. The van der Waals surface area contributed by atoms with Gasteiger partial charge in [0.1, 0.15) is 12.3 Å². The summed E-state index contributed by atoms with van der Waals surface area (Å²) in [5.74, 6) is 0.852. The molecule has 28 heavy (non-hydrogen) atoms. The molecular weight excluding hydrogens is 348 g/mol. The first-order chi connectivity index (χ1) is 13.6. The number of rotatable bonds is 8. The lowest BCUT2D eigenvalue weighted by molar-refractivity contribution is -0.885. The van der Waals surface area contributed by atoms with E-state index in [0.29, 0.717) is 6.54 Å². The Morgan fingerprint density at radius 3 is 2.43 bits per heavy atom. The van der Waals surface area contributed by atoms with Crippen LogP contribution in [-0.4, -0.2) is 26.6 Å². The molecule has 0 spiro atoms. The fourth-order valence-electron chi connectivity index (χ4n) is 3.27. The highest BCUT2D eigenvalue weighted by Crippen LogP contribution is 2.19. The van der Waals surface area contributed by atoms with Crippen molar-refractivity contribution in [1.82, 2.24) is 0 Å². The molecular formula is C24H27N2O2+. The van der Waals surface area contributed by atoms with Crippen molar-refractivity contribution in [2.45, 2.75) is 13.0 Å². The Kier molecular flexibility index (Phi) is 6.82. The van der Waals surface area contributed by atoms with Crippen LogP contribution in [0.2, 0.25) is 0 Å². The maximum Gasteiger partial charge on any atom is 0.279 e. The zero-order chi connectivity index (χ0) is 19.8. The van der Waals surface area contributed by atoms with Crippen LogP contribution >= 0.6 is 0 Å². The minimum atomic E-state index is 0.0147. The minimum absolute atomic E-state index is 0.0147. The summed E-state index contributed by atoms with van der Waals surface area (Å²) in [5, 5.41) is 3.09. The summed E-state index contributed by atoms with van der Waals surface area (Å²) in [7, 11) is 3.69. The first kappa shape index (κ1) is 19.6. The molecule has 0 saturated carbocycles. The molecule has 2 N–H and O–H groups in total. The van der Waals surface area contributed by atoms with Crippen LogP contribution in [0.4, 0.5) is 5.69 Å². The Hall–Kier alpha value is -3.11. The summed E-state index contributed by atoms with van der Waals surface area (Å²) in [6.07, 6.45) is 0.795. The van der Waals surface area contributed by atoms with Crippen molar-refractivity contribution < 1.29 is 14.4 Å². The molecule has 1 amide bonds. The monoisotopic (exact) mass is 375 g/mol. The van der Waals surface area contributed by atoms with Gasteiger partial charge in [-0.05, 0) is 35.7 Å². The highest BCUT2D eigenvalue weighted by Gasteiger charge is 2.13. The number of ether oxygens (including phenoxy) is 1. The maximum absolute atomic E-state index is 12.6. The maximum atomic E-state index is 12.6. The topological polar surface area (TPSA) is 42.8 Å². The second-order valence-corrected chi connectivity index (χ2v) is 7.03. The van der Waals surface area contributed by atoms with Crippen LogP contribution in [-0.2, 0) is 17.8 Å². The molecule has 3 rings (SSSR count). The zero-order valence-corrected chi connectivity index (χ0v) is 16.4. The van der Waals surface area contributed by atoms with Crippen molar-refractivity contribution in [2.75, 3.05) is 26.0 Å². The van der Waals surface area contributed by atoms with Gasteiger partial charge in [-0.15, -0.1) is 0 Å². The third kappa shape index (κ3) is 5.69. The number of carbonyl (C=O) groups excluding carboxylic acids is 1. The fourth-order valence-corrected chi connectivity index (χ4v) is 3.27. The number of benzene rings is 3. The van der Waals surface area contributed by atoms with Gasteiger partial charge >= 0.3 is 0 Å². The number of amides is 1. The van der Waals surface area contributed by atoms with Gasteiger partial charge in [-0.3, -0.25) is 4.79 Å². The third-order valence-corrected chi connectivity index (χ3v) is 4.63. The van der Waals surface area contributed by atoms with Crippen LogP contribution < -0.4 is 15.0 Å². The first-order valence-corrected chi connectivity index (χ1v) is 9.50. The molecule has 0 aliphatic carbocycles. The summed E-state index contributed by atoms with van der Waals surface area (Å²) in [6.45, 7) is 1.16. The predicted octanol–water partition coefficient (Wildman–Crippen LogP) is 2.94. The number of quaternary nitrogens is 1. The molecule has 1 unspecified atom stereocenters. The Bertz CT molecular complexity index is 909. The van der Waals surface area contributed by atoms with Crippen molar-refractivity contribution in [1.29, 1.82) is 0 Å².